The number of aromatic nitrogens is 2. The number of nitrogens with zero attached hydrogens (tertiary/aromatic N) is 4. The molecule has 0 saturated carbocycles. The van der Waals surface area contributed by atoms with Crippen LogP contribution in [-0.2, 0) is 4.74 Å². The maximum Gasteiger partial charge on any atom is 0.409 e. The molecule has 0 radical (unpaired) electrons. The van der Waals surface area contributed by atoms with Gasteiger partial charge in [0.25, 0.3) is 0 Å². The van der Waals surface area contributed by atoms with E-state index in [9.17, 15) is 9.18 Å². The maximum atomic E-state index is 13.0. The number of piperazine rings is 1. The Hall–Kier alpha value is -2.70. The van der Waals surface area contributed by atoms with Gasteiger partial charge in [0.15, 0.2) is 0 Å². The molecule has 6 nitrogen and oxygen atoms in total. The number of hydrogen-bond acceptors (Lipinski definition) is 5. The van der Waals surface area contributed by atoms with Gasteiger partial charge in [0.05, 0.1) is 6.61 Å². The van der Waals surface area contributed by atoms with Crippen LogP contribution < -0.4 is 4.90 Å². The molecule has 0 aliphatic carbocycles. The van der Waals surface area contributed by atoms with E-state index in [2.05, 4.69) is 9.97 Å². The summed E-state index contributed by atoms with van der Waals surface area (Å²) >= 11 is 0. The van der Waals surface area contributed by atoms with Gasteiger partial charge in [-0.1, -0.05) is 12.1 Å². The summed E-state index contributed by atoms with van der Waals surface area (Å²) in [5, 5.41) is 0. The number of anilines is 1. The van der Waals surface area contributed by atoms with Gasteiger partial charge in [0.1, 0.15) is 5.82 Å². The van der Waals surface area contributed by atoms with Gasteiger partial charge in [0, 0.05) is 44.1 Å². The molecule has 1 amide bonds. The van der Waals surface area contributed by atoms with E-state index >= 15 is 0 Å². The van der Waals surface area contributed by atoms with Gasteiger partial charge in [-0.15, -0.1) is 0 Å². The lowest BCUT2D eigenvalue weighted by atomic mass is 10.1. The number of amides is 1. The second kappa shape index (κ2) is 7.25. The first kappa shape index (κ1) is 16.2. The highest BCUT2D eigenvalue weighted by molar-refractivity contribution is 5.68. The molecule has 1 saturated heterocycles. The smallest absolute Gasteiger partial charge is 0.409 e. The van der Waals surface area contributed by atoms with E-state index in [1.54, 1.807) is 36.4 Å². The third kappa shape index (κ3) is 3.61. The Labute approximate surface area is 139 Å². The van der Waals surface area contributed by atoms with Crippen molar-refractivity contribution >= 4 is 12.0 Å². The first-order valence-corrected chi connectivity index (χ1v) is 7.92. The number of ether oxygens (including phenoxy) is 1. The number of carbonyl (C=O) groups excluding carboxylic acids is 1. The van der Waals surface area contributed by atoms with Crippen LogP contribution in [0.2, 0.25) is 0 Å². The van der Waals surface area contributed by atoms with E-state index in [4.69, 9.17) is 4.74 Å². The molecule has 0 spiro atoms. The van der Waals surface area contributed by atoms with Crippen LogP contribution in [0.3, 0.4) is 0 Å². The van der Waals surface area contributed by atoms with Gasteiger partial charge in [-0.3, -0.25) is 0 Å². The van der Waals surface area contributed by atoms with E-state index < -0.39 is 0 Å². The largest absolute Gasteiger partial charge is 0.450 e. The Morgan fingerprint density at radius 2 is 1.71 bits per heavy atom. The lowest BCUT2D eigenvalue weighted by molar-refractivity contribution is 0.105. The first-order valence-electron chi connectivity index (χ1n) is 7.92. The Morgan fingerprint density at radius 1 is 1.08 bits per heavy atom. The third-order valence-corrected chi connectivity index (χ3v) is 3.90. The Morgan fingerprint density at radius 3 is 2.29 bits per heavy atom. The van der Waals surface area contributed by atoms with E-state index in [0.717, 1.165) is 11.1 Å². The lowest BCUT2D eigenvalue weighted by Crippen LogP contribution is -2.49. The van der Waals surface area contributed by atoms with Gasteiger partial charge in [-0.2, -0.15) is 0 Å². The molecule has 24 heavy (non-hydrogen) atoms. The highest BCUT2D eigenvalue weighted by atomic mass is 19.1. The summed E-state index contributed by atoms with van der Waals surface area (Å²) in [5.41, 5.74) is 1.71. The standard InChI is InChI=1S/C17H19FN4O2/c1-2-24-17(23)22-9-7-21(8-10-22)16-19-11-14(12-20-16)13-3-5-15(18)6-4-13/h3-6,11-12H,2,7-10H2,1H3. The van der Waals surface area contributed by atoms with Gasteiger partial charge >= 0.3 is 6.09 Å². The molecule has 2 aromatic rings. The second-order valence-electron chi connectivity index (χ2n) is 5.45. The quantitative estimate of drug-likeness (QED) is 0.866. The molecule has 0 atom stereocenters. The van der Waals surface area contributed by atoms with Gasteiger partial charge < -0.3 is 14.5 Å². The molecule has 2 heterocycles. The van der Waals surface area contributed by atoms with E-state index in [-0.39, 0.29) is 11.9 Å². The average molecular weight is 330 g/mol. The van der Waals surface area contributed by atoms with Crippen LogP contribution in [0.25, 0.3) is 11.1 Å². The van der Waals surface area contributed by atoms with Crippen LogP contribution in [0.4, 0.5) is 15.1 Å². The van der Waals surface area contributed by atoms with Crippen molar-refractivity contribution in [1.82, 2.24) is 14.9 Å². The van der Waals surface area contributed by atoms with Gasteiger partial charge in [0.2, 0.25) is 5.95 Å². The van der Waals surface area contributed by atoms with Crippen molar-refractivity contribution in [2.24, 2.45) is 0 Å². The van der Waals surface area contributed by atoms with Crippen LogP contribution in [0.5, 0.6) is 0 Å². The number of carbonyl (C=O) groups is 1. The molecular weight excluding hydrogens is 311 g/mol. The lowest BCUT2D eigenvalue weighted by Gasteiger charge is -2.33. The minimum Gasteiger partial charge on any atom is -0.450 e. The highest BCUT2D eigenvalue weighted by Gasteiger charge is 2.23. The molecule has 3 rings (SSSR count). The highest BCUT2D eigenvalue weighted by Crippen LogP contribution is 2.20. The number of halogens is 1. The van der Waals surface area contributed by atoms with Crippen molar-refractivity contribution in [2.45, 2.75) is 6.92 Å². The molecule has 7 heteroatoms. The topological polar surface area (TPSA) is 58.6 Å². The zero-order valence-corrected chi connectivity index (χ0v) is 13.5. The summed E-state index contributed by atoms with van der Waals surface area (Å²) in [6.45, 7) is 4.67. The molecule has 126 valence electrons. The minimum atomic E-state index is -0.273. The molecule has 1 aliphatic rings. The predicted octanol–water partition coefficient (Wildman–Crippen LogP) is 2.56. The average Bonchev–Trinajstić information content (AvgIpc) is 2.63. The summed E-state index contributed by atoms with van der Waals surface area (Å²) in [5.74, 6) is 0.361. The van der Waals surface area contributed by atoms with Crippen molar-refractivity contribution in [3.8, 4) is 11.1 Å². The summed E-state index contributed by atoms with van der Waals surface area (Å²) in [6, 6.07) is 6.23. The molecule has 0 N–H and O–H groups in total. The molecule has 1 fully saturated rings. The van der Waals surface area contributed by atoms with Crippen molar-refractivity contribution < 1.29 is 13.9 Å². The molecule has 0 bridgehead atoms. The number of benzene rings is 1. The Kier molecular flexibility index (Phi) is 4.88. The van der Waals surface area contributed by atoms with Crippen LogP contribution in [-0.4, -0.2) is 53.7 Å². The predicted molar refractivity (Wildman–Crippen MR) is 88.2 cm³/mol. The van der Waals surface area contributed by atoms with Crippen molar-refractivity contribution in [3.05, 3.63) is 42.5 Å². The van der Waals surface area contributed by atoms with Crippen LogP contribution in [0, 0.1) is 5.82 Å². The zero-order chi connectivity index (χ0) is 16.9. The van der Waals surface area contributed by atoms with E-state index in [0.29, 0.717) is 38.7 Å². The van der Waals surface area contributed by atoms with E-state index in [1.807, 2.05) is 4.90 Å². The van der Waals surface area contributed by atoms with E-state index in [1.165, 1.54) is 12.1 Å². The zero-order valence-electron chi connectivity index (χ0n) is 13.5. The summed E-state index contributed by atoms with van der Waals surface area (Å²) in [7, 11) is 0. The Balaban J connectivity index is 1.62. The van der Waals surface area contributed by atoms with Gasteiger partial charge in [-0.25, -0.2) is 19.2 Å². The normalized spacial score (nSPS) is 14.6. The number of hydrogen-bond donors (Lipinski definition) is 0. The SMILES string of the molecule is CCOC(=O)N1CCN(c2ncc(-c3ccc(F)cc3)cn2)CC1. The first-order chi connectivity index (χ1) is 11.7. The van der Waals surface area contributed by atoms with Crippen molar-refractivity contribution in [3.63, 3.8) is 0 Å². The fourth-order valence-corrected chi connectivity index (χ4v) is 2.58. The van der Waals surface area contributed by atoms with Gasteiger partial charge in [-0.05, 0) is 24.6 Å². The van der Waals surface area contributed by atoms with Crippen LogP contribution >= 0.6 is 0 Å². The summed E-state index contributed by atoms with van der Waals surface area (Å²) in [6.07, 6.45) is 3.19. The number of rotatable bonds is 3. The molecule has 1 aromatic heterocycles. The molecular formula is C17H19FN4O2. The molecule has 1 aliphatic heterocycles. The molecule has 1 aromatic carbocycles. The Bertz CT molecular complexity index is 683. The van der Waals surface area contributed by atoms with Crippen LogP contribution in [0.15, 0.2) is 36.7 Å². The fraction of sp³-hybridized carbons (Fsp3) is 0.353. The van der Waals surface area contributed by atoms with Crippen LogP contribution in [0.1, 0.15) is 6.92 Å². The third-order valence-electron chi connectivity index (χ3n) is 3.90. The summed E-state index contributed by atoms with van der Waals surface area (Å²) in [4.78, 5) is 24.2. The minimum absolute atomic E-state index is 0.268. The fourth-order valence-electron chi connectivity index (χ4n) is 2.58. The van der Waals surface area contributed by atoms with Crippen molar-refractivity contribution in [2.75, 3.05) is 37.7 Å². The second-order valence-corrected chi connectivity index (χ2v) is 5.45. The monoisotopic (exact) mass is 330 g/mol. The maximum absolute atomic E-state index is 13.0. The molecule has 0 unspecified atom stereocenters. The van der Waals surface area contributed by atoms with Crippen molar-refractivity contribution in [1.29, 1.82) is 0 Å². The summed E-state index contributed by atoms with van der Waals surface area (Å²) < 4.78 is 18.0.